The van der Waals surface area contributed by atoms with Crippen LogP contribution in [0.25, 0.3) is 22.4 Å². The molecule has 0 aliphatic heterocycles. The number of aryl methyl sites for hydroxylation is 2. The summed E-state index contributed by atoms with van der Waals surface area (Å²) in [5.74, 6) is 1.83. The molecule has 0 aliphatic rings. The molecule has 2 aromatic heterocycles. The second kappa shape index (κ2) is 9.43. The number of halogens is 1. The molecule has 0 fully saturated rings. The summed E-state index contributed by atoms with van der Waals surface area (Å²) in [6.07, 6.45) is 1.45. The minimum atomic E-state index is -0.276. The average molecular weight is 458 g/mol. The fourth-order valence-corrected chi connectivity index (χ4v) is 3.64. The molecule has 0 radical (unpaired) electrons. The van der Waals surface area contributed by atoms with Crippen molar-refractivity contribution in [1.82, 2.24) is 14.5 Å². The van der Waals surface area contributed by atoms with Crippen LogP contribution >= 0.6 is 0 Å². The summed E-state index contributed by atoms with van der Waals surface area (Å²) in [6.45, 7) is 7.91. The Balaban J connectivity index is 1.76. The highest BCUT2D eigenvalue weighted by molar-refractivity contribution is 5.91. The Morgan fingerprint density at radius 3 is 2.50 bits per heavy atom. The van der Waals surface area contributed by atoms with Gasteiger partial charge in [0.2, 0.25) is 0 Å². The van der Waals surface area contributed by atoms with Crippen molar-refractivity contribution in [2.45, 2.75) is 33.6 Å². The lowest BCUT2D eigenvalue weighted by molar-refractivity contribution is 0.628. The topological polar surface area (TPSA) is 93.5 Å². The molecule has 0 bridgehead atoms. The van der Waals surface area contributed by atoms with Crippen LogP contribution in [0.1, 0.15) is 37.9 Å². The molecule has 7 nitrogen and oxygen atoms in total. The van der Waals surface area contributed by atoms with Gasteiger partial charge < -0.3 is 15.6 Å². The third-order valence-electron chi connectivity index (χ3n) is 5.50. The van der Waals surface area contributed by atoms with Crippen molar-refractivity contribution in [2.75, 3.05) is 5.32 Å². The molecule has 4 rings (SSSR count). The van der Waals surface area contributed by atoms with Crippen molar-refractivity contribution in [3.63, 3.8) is 0 Å². The van der Waals surface area contributed by atoms with Gasteiger partial charge in [0.25, 0.3) is 0 Å². The monoisotopic (exact) mass is 457 g/mol. The molecule has 2 heterocycles. The number of benzene rings is 2. The van der Waals surface area contributed by atoms with Gasteiger partial charge in [-0.1, -0.05) is 13.8 Å². The van der Waals surface area contributed by atoms with Crippen molar-refractivity contribution < 1.29 is 4.39 Å². The van der Waals surface area contributed by atoms with Gasteiger partial charge in [-0.25, -0.2) is 24.3 Å². The predicted octanol–water partition coefficient (Wildman–Crippen LogP) is 5.99. The number of aliphatic imine (C=N–C) groups is 2. The van der Waals surface area contributed by atoms with Crippen LogP contribution < -0.4 is 11.1 Å². The maximum atomic E-state index is 13.5. The number of fused-ring (bicyclic) bond motifs is 1. The summed E-state index contributed by atoms with van der Waals surface area (Å²) >= 11 is 0. The van der Waals surface area contributed by atoms with Gasteiger partial charge in [0.1, 0.15) is 23.5 Å². The zero-order chi connectivity index (χ0) is 24.4. The van der Waals surface area contributed by atoms with Gasteiger partial charge in [0, 0.05) is 24.0 Å². The molecule has 0 atom stereocenters. The van der Waals surface area contributed by atoms with Gasteiger partial charge in [0.15, 0.2) is 5.82 Å². The molecular formula is C26H28FN7. The number of nitrogens with one attached hydrogen (secondary N) is 1. The number of pyridine rings is 1. The first-order chi connectivity index (χ1) is 16.2. The van der Waals surface area contributed by atoms with E-state index in [4.69, 9.17) is 15.7 Å². The lowest BCUT2D eigenvalue weighted by Crippen LogP contribution is -2.04. The van der Waals surface area contributed by atoms with E-state index in [1.807, 2.05) is 36.7 Å². The fourth-order valence-electron chi connectivity index (χ4n) is 3.64. The van der Waals surface area contributed by atoms with Crippen molar-refractivity contribution >= 4 is 40.4 Å². The first-order valence-electron chi connectivity index (χ1n) is 11.1. The van der Waals surface area contributed by atoms with Crippen molar-refractivity contribution in [3.8, 4) is 11.4 Å². The van der Waals surface area contributed by atoms with Crippen LogP contribution in [0, 0.1) is 12.7 Å². The van der Waals surface area contributed by atoms with E-state index in [9.17, 15) is 4.39 Å². The number of imidazole rings is 1. The third-order valence-corrected chi connectivity index (χ3v) is 5.50. The zero-order valence-electron chi connectivity index (χ0n) is 20.0. The largest absolute Gasteiger partial charge is 0.387 e. The van der Waals surface area contributed by atoms with E-state index in [1.165, 1.54) is 18.5 Å². The molecule has 0 saturated carbocycles. The lowest BCUT2D eigenvalue weighted by Gasteiger charge is -2.12. The number of nitrogens with two attached hydrogens (primary N) is 1. The Morgan fingerprint density at radius 1 is 1.12 bits per heavy atom. The van der Waals surface area contributed by atoms with Gasteiger partial charge in [-0.05, 0) is 73.9 Å². The molecule has 0 saturated heterocycles. The summed E-state index contributed by atoms with van der Waals surface area (Å²) in [7, 11) is 1.96. The second-order valence-corrected chi connectivity index (χ2v) is 8.56. The van der Waals surface area contributed by atoms with E-state index in [1.54, 1.807) is 19.1 Å². The Bertz CT molecular complexity index is 1400. The van der Waals surface area contributed by atoms with Gasteiger partial charge in [-0.2, -0.15) is 0 Å². The van der Waals surface area contributed by atoms with E-state index in [-0.39, 0.29) is 11.7 Å². The fraction of sp³-hybridized carbons (Fsp3) is 0.231. The molecular weight excluding hydrogens is 429 g/mol. The first-order valence-corrected chi connectivity index (χ1v) is 11.1. The summed E-state index contributed by atoms with van der Waals surface area (Å²) < 4.78 is 15.5. The van der Waals surface area contributed by atoms with Crippen molar-refractivity contribution in [1.29, 1.82) is 0 Å². The molecule has 3 N–H and O–H groups in total. The van der Waals surface area contributed by atoms with Gasteiger partial charge in [-0.15, -0.1) is 0 Å². The van der Waals surface area contributed by atoms with Crippen LogP contribution in [0.2, 0.25) is 0 Å². The molecule has 0 unspecified atom stereocenters. The van der Waals surface area contributed by atoms with E-state index in [0.29, 0.717) is 11.7 Å². The smallest absolute Gasteiger partial charge is 0.158 e. The van der Waals surface area contributed by atoms with Crippen molar-refractivity contribution in [3.05, 3.63) is 65.6 Å². The Hall–Kier alpha value is -4.07. The van der Waals surface area contributed by atoms with Gasteiger partial charge >= 0.3 is 0 Å². The van der Waals surface area contributed by atoms with Gasteiger partial charge in [0.05, 0.1) is 17.0 Å². The Labute approximate surface area is 198 Å². The maximum Gasteiger partial charge on any atom is 0.158 e. The first kappa shape index (κ1) is 23.1. The van der Waals surface area contributed by atoms with Crippen LogP contribution in [0.4, 0.5) is 21.6 Å². The number of amidine groups is 1. The highest BCUT2D eigenvalue weighted by Crippen LogP contribution is 2.32. The van der Waals surface area contributed by atoms with Gasteiger partial charge in [-0.3, -0.25) is 0 Å². The minimum Gasteiger partial charge on any atom is -0.387 e. The quantitative estimate of drug-likeness (QED) is 0.275. The molecule has 0 spiro atoms. The van der Waals surface area contributed by atoms with E-state index in [0.717, 1.165) is 45.1 Å². The summed E-state index contributed by atoms with van der Waals surface area (Å²) in [6, 6.07) is 14.3. The Morgan fingerprint density at radius 2 is 1.85 bits per heavy atom. The molecule has 0 amide bonds. The third kappa shape index (κ3) is 4.80. The summed E-state index contributed by atoms with van der Waals surface area (Å²) in [5, 5.41) is 3.44. The van der Waals surface area contributed by atoms with Crippen LogP contribution in [-0.4, -0.2) is 26.7 Å². The number of hydrogen-bond acceptors (Lipinski definition) is 4. The average Bonchev–Trinajstić information content (AvgIpc) is 3.12. The molecule has 8 heteroatoms. The predicted molar refractivity (Wildman–Crippen MR) is 138 cm³/mol. The number of anilines is 2. The summed E-state index contributed by atoms with van der Waals surface area (Å²) in [5.41, 5.74) is 11.7. The van der Waals surface area contributed by atoms with Crippen LogP contribution in [0.15, 0.2) is 58.5 Å². The lowest BCUT2D eigenvalue weighted by atomic mass is 10.1. The number of nitrogens with zero attached hydrogens (tertiary/aromatic N) is 5. The van der Waals surface area contributed by atoms with Crippen LogP contribution in [0.3, 0.4) is 0 Å². The zero-order valence-corrected chi connectivity index (χ0v) is 20.0. The highest BCUT2D eigenvalue weighted by atomic mass is 19.1. The summed E-state index contributed by atoms with van der Waals surface area (Å²) in [4.78, 5) is 18.1. The van der Waals surface area contributed by atoms with Crippen LogP contribution in [0.5, 0.6) is 0 Å². The van der Waals surface area contributed by atoms with E-state index < -0.39 is 0 Å². The standard InChI is InChI=1S/C26H28FN7/c1-15(2)22-13-23-24(33-26(34(23)5)18-6-8-19(27)9-7-18)25(32-22)31-20-10-11-21(16(3)12-20)30-14-29-17(4)28/h6-15H,1-5H3,(H,31,32)(H2,28,29,30). The maximum absolute atomic E-state index is 13.5. The number of hydrogen-bond donors (Lipinski definition) is 2. The Kier molecular flexibility index (Phi) is 6.40. The van der Waals surface area contributed by atoms with Crippen molar-refractivity contribution in [2.24, 2.45) is 22.8 Å². The SMILES string of the molecule is CC(N)=NC=Nc1ccc(Nc2nc(C(C)C)cc3c2nc(-c2ccc(F)cc2)n3C)cc1C. The molecule has 174 valence electrons. The molecule has 0 aliphatic carbocycles. The normalized spacial score (nSPS) is 12.3. The molecule has 34 heavy (non-hydrogen) atoms. The highest BCUT2D eigenvalue weighted by Gasteiger charge is 2.17. The van der Waals surface area contributed by atoms with E-state index >= 15 is 0 Å². The number of rotatable bonds is 6. The van der Waals surface area contributed by atoms with E-state index in [2.05, 4.69) is 35.2 Å². The molecule has 4 aromatic rings. The number of aromatic nitrogens is 3. The second-order valence-electron chi connectivity index (χ2n) is 8.56. The molecule has 2 aromatic carbocycles. The van der Waals surface area contributed by atoms with Crippen LogP contribution in [-0.2, 0) is 7.05 Å². The minimum absolute atomic E-state index is 0.235.